The standard InChI is InChI=1S/C21H18N2O4/c1-12-10-15(19(22)24)14-7-3-4-8-17(14)23(12)20(25)16-11-13-6-2-5-9-18(13)27-21(16)26/h2-9,11-12,15H,10H2,1H3,(H2,22,24). The van der Waals surface area contributed by atoms with E-state index in [1.165, 1.54) is 0 Å². The van der Waals surface area contributed by atoms with Gasteiger partial charge >= 0.3 is 5.63 Å². The third-order valence-corrected chi connectivity index (χ3v) is 5.02. The van der Waals surface area contributed by atoms with Gasteiger partial charge in [-0.3, -0.25) is 9.59 Å². The molecule has 0 spiro atoms. The van der Waals surface area contributed by atoms with Crippen LogP contribution in [0.3, 0.4) is 0 Å². The Bertz CT molecular complexity index is 1120. The van der Waals surface area contributed by atoms with Crippen LogP contribution in [0, 0.1) is 0 Å². The van der Waals surface area contributed by atoms with Crippen molar-refractivity contribution in [1.82, 2.24) is 0 Å². The van der Waals surface area contributed by atoms with Crippen molar-refractivity contribution in [1.29, 1.82) is 0 Å². The number of nitrogens with two attached hydrogens (primary N) is 1. The summed E-state index contributed by atoms with van der Waals surface area (Å²) in [5.74, 6) is -1.34. The molecule has 0 saturated heterocycles. The predicted octanol–water partition coefficient (Wildman–Crippen LogP) is 2.80. The average Bonchev–Trinajstić information content (AvgIpc) is 2.66. The van der Waals surface area contributed by atoms with Gasteiger partial charge in [0.05, 0.1) is 5.92 Å². The molecule has 2 atom stereocenters. The smallest absolute Gasteiger partial charge is 0.349 e. The summed E-state index contributed by atoms with van der Waals surface area (Å²) in [6.45, 7) is 1.84. The fraction of sp³-hybridized carbons (Fsp3) is 0.190. The van der Waals surface area contributed by atoms with Crippen LogP contribution < -0.4 is 16.3 Å². The van der Waals surface area contributed by atoms with Crippen LogP contribution >= 0.6 is 0 Å². The summed E-state index contributed by atoms with van der Waals surface area (Å²) in [4.78, 5) is 39.1. The molecule has 0 bridgehead atoms. The number of para-hydroxylation sites is 2. The van der Waals surface area contributed by atoms with E-state index in [4.69, 9.17) is 10.2 Å². The summed E-state index contributed by atoms with van der Waals surface area (Å²) >= 11 is 0. The van der Waals surface area contributed by atoms with E-state index in [0.29, 0.717) is 28.6 Å². The van der Waals surface area contributed by atoms with Crippen LogP contribution in [0.15, 0.2) is 63.8 Å². The van der Waals surface area contributed by atoms with Gasteiger partial charge in [0.1, 0.15) is 11.1 Å². The molecular formula is C21H18N2O4. The predicted molar refractivity (Wildman–Crippen MR) is 102 cm³/mol. The van der Waals surface area contributed by atoms with Gasteiger partial charge in [0.25, 0.3) is 5.91 Å². The van der Waals surface area contributed by atoms with Crippen molar-refractivity contribution >= 4 is 28.5 Å². The molecule has 136 valence electrons. The van der Waals surface area contributed by atoms with E-state index in [9.17, 15) is 14.4 Å². The van der Waals surface area contributed by atoms with Gasteiger partial charge in [-0.15, -0.1) is 0 Å². The minimum atomic E-state index is -0.680. The topological polar surface area (TPSA) is 93.6 Å². The van der Waals surface area contributed by atoms with Crippen molar-refractivity contribution in [3.8, 4) is 0 Å². The maximum atomic E-state index is 13.3. The molecule has 1 aromatic heterocycles. The number of anilines is 1. The molecule has 2 amide bonds. The third kappa shape index (κ3) is 2.79. The number of hydrogen-bond donors (Lipinski definition) is 1. The van der Waals surface area contributed by atoms with Crippen LogP contribution in [0.25, 0.3) is 11.0 Å². The fourth-order valence-electron chi connectivity index (χ4n) is 3.73. The first-order valence-corrected chi connectivity index (χ1v) is 8.72. The van der Waals surface area contributed by atoms with Gasteiger partial charge in [-0.05, 0) is 37.1 Å². The Morgan fingerprint density at radius 3 is 2.59 bits per heavy atom. The number of nitrogens with zero attached hydrogens (tertiary/aromatic N) is 1. The quantitative estimate of drug-likeness (QED) is 0.709. The first-order chi connectivity index (χ1) is 13.0. The van der Waals surface area contributed by atoms with E-state index in [2.05, 4.69) is 0 Å². The zero-order chi connectivity index (χ0) is 19.1. The maximum Gasteiger partial charge on any atom is 0.349 e. The average molecular weight is 362 g/mol. The Morgan fingerprint density at radius 2 is 1.81 bits per heavy atom. The largest absolute Gasteiger partial charge is 0.422 e. The normalized spacial score (nSPS) is 18.9. The SMILES string of the molecule is CC1CC(C(N)=O)c2ccccc2N1C(=O)c1cc2ccccc2oc1=O. The van der Waals surface area contributed by atoms with Crippen LogP contribution in [0.2, 0.25) is 0 Å². The van der Waals surface area contributed by atoms with Gasteiger partial charge in [0.2, 0.25) is 5.91 Å². The second kappa shape index (κ2) is 6.39. The Morgan fingerprint density at radius 1 is 1.11 bits per heavy atom. The number of amides is 2. The van der Waals surface area contributed by atoms with Gasteiger partial charge in [0.15, 0.2) is 0 Å². The van der Waals surface area contributed by atoms with Gasteiger partial charge in [-0.2, -0.15) is 0 Å². The molecule has 27 heavy (non-hydrogen) atoms. The zero-order valence-electron chi connectivity index (χ0n) is 14.7. The second-order valence-corrected chi connectivity index (χ2v) is 6.76. The molecule has 2 aromatic carbocycles. The highest BCUT2D eigenvalue weighted by molar-refractivity contribution is 6.08. The molecule has 3 aromatic rings. The van der Waals surface area contributed by atoms with Crippen molar-refractivity contribution in [2.75, 3.05) is 4.90 Å². The van der Waals surface area contributed by atoms with E-state index < -0.39 is 23.4 Å². The Kier molecular flexibility index (Phi) is 4.03. The minimum Gasteiger partial charge on any atom is -0.422 e. The summed E-state index contributed by atoms with van der Waals surface area (Å²) in [7, 11) is 0. The first-order valence-electron chi connectivity index (χ1n) is 8.72. The van der Waals surface area contributed by atoms with Crippen molar-refractivity contribution < 1.29 is 14.0 Å². The number of carbonyl (C=O) groups excluding carboxylic acids is 2. The number of rotatable bonds is 2. The van der Waals surface area contributed by atoms with E-state index in [1.54, 1.807) is 53.4 Å². The first kappa shape index (κ1) is 17.0. The van der Waals surface area contributed by atoms with E-state index in [-0.39, 0.29) is 11.6 Å². The van der Waals surface area contributed by atoms with Crippen LogP contribution in [0.1, 0.15) is 35.2 Å². The summed E-state index contributed by atoms with van der Waals surface area (Å²) in [5, 5.41) is 0.674. The van der Waals surface area contributed by atoms with Gasteiger partial charge in [-0.25, -0.2) is 4.79 Å². The van der Waals surface area contributed by atoms with E-state index in [1.807, 2.05) is 13.0 Å². The Labute approximate surface area is 155 Å². The lowest BCUT2D eigenvalue weighted by Crippen LogP contribution is -2.46. The number of fused-ring (bicyclic) bond motifs is 2. The molecule has 2 N–H and O–H groups in total. The van der Waals surface area contributed by atoms with Crippen LogP contribution in [0.4, 0.5) is 5.69 Å². The van der Waals surface area contributed by atoms with E-state index >= 15 is 0 Å². The number of hydrogen-bond acceptors (Lipinski definition) is 4. The highest BCUT2D eigenvalue weighted by atomic mass is 16.4. The maximum absolute atomic E-state index is 13.3. The Hall–Kier alpha value is -3.41. The lowest BCUT2D eigenvalue weighted by molar-refractivity contribution is -0.119. The van der Waals surface area contributed by atoms with Crippen molar-refractivity contribution in [3.05, 3.63) is 76.1 Å². The molecule has 1 aliphatic rings. The second-order valence-electron chi connectivity index (χ2n) is 6.76. The highest BCUT2D eigenvalue weighted by Gasteiger charge is 2.37. The molecular weight excluding hydrogens is 344 g/mol. The molecule has 0 saturated carbocycles. The van der Waals surface area contributed by atoms with Crippen LogP contribution in [0.5, 0.6) is 0 Å². The zero-order valence-corrected chi connectivity index (χ0v) is 14.7. The molecule has 4 rings (SSSR count). The van der Waals surface area contributed by atoms with Gasteiger partial charge < -0.3 is 15.1 Å². The molecule has 6 heteroatoms. The van der Waals surface area contributed by atoms with Crippen molar-refractivity contribution in [2.24, 2.45) is 5.73 Å². The van der Waals surface area contributed by atoms with Gasteiger partial charge in [0, 0.05) is 17.1 Å². The lowest BCUT2D eigenvalue weighted by Gasteiger charge is -2.38. The summed E-state index contributed by atoms with van der Waals surface area (Å²) in [5.41, 5.74) is 6.56. The minimum absolute atomic E-state index is 0.0344. The third-order valence-electron chi connectivity index (χ3n) is 5.02. The number of benzene rings is 2. The molecule has 2 unspecified atom stereocenters. The summed E-state index contributed by atoms with van der Waals surface area (Å²) < 4.78 is 5.31. The summed E-state index contributed by atoms with van der Waals surface area (Å²) in [6, 6.07) is 15.5. The summed E-state index contributed by atoms with van der Waals surface area (Å²) in [6.07, 6.45) is 0.400. The van der Waals surface area contributed by atoms with Crippen molar-refractivity contribution in [3.63, 3.8) is 0 Å². The van der Waals surface area contributed by atoms with E-state index in [0.717, 1.165) is 0 Å². The molecule has 2 heterocycles. The fourth-order valence-corrected chi connectivity index (χ4v) is 3.73. The number of primary amides is 1. The number of carbonyl (C=O) groups is 2. The molecule has 0 aliphatic carbocycles. The monoisotopic (exact) mass is 362 g/mol. The lowest BCUT2D eigenvalue weighted by atomic mass is 9.85. The molecule has 0 fully saturated rings. The molecule has 6 nitrogen and oxygen atoms in total. The van der Waals surface area contributed by atoms with Crippen molar-refractivity contribution in [2.45, 2.75) is 25.3 Å². The van der Waals surface area contributed by atoms with Gasteiger partial charge in [-0.1, -0.05) is 36.4 Å². The van der Waals surface area contributed by atoms with Crippen LogP contribution in [-0.2, 0) is 4.79 Å². The molecule has 1 aliphatic heterocycles. The van der Waals surface area contributed by atoms with Crippen LogP contribution in [-0.4, -0.2) is 17.9 Å². The Balaban J connectivity index is 1.84. The molecule has 0 radical (unpaired) electrons. The highest BCUT2D eigenvalue weighted by Crippen LogP contribution is 2.38.